The number of nitrogens with one attached hydrogen (secondary N) is 1. The first-order valence-corrected chi connectivity index (χ1v) is 3.98. The van der Waals surface area contributed by atoms with Crippen LogP contribution in [0.3, 0.4) is 0 Å². The van der Waals surface area contributed by atoms with Crippen molar-refractivity contribution in [3.63, 3.8) is 0 Å². The molecule has 13 heavy (non-hydrogen) atoms. The summed E-state index contributed by atoms with van der Waals surface area (Å²) in [4.78, 5) is 15.5. The molecule has 2 aromatic rings. The first-order chi connectivity index (χ1) is 6.34. The molecule has 3 rings (SSSR count). The van der Waals surface area contributed by atoms with Gasteiger partial charge in [0.25, 0.3) is 0 Å². The third kappa shape index (κ3) is 0.780. The fourth-order valence-corrected chi connectivity index (χ4v) is 1.54. The Morgan fingerprint density at radius 1 is 1.31 bits per heavy atom. The van der Waals surface area contributed by atoms with Gasteiger partial charge in [-0.2, -0.15) is 0 Å². The number of anilines is 1. The number of aromatic nitrogens is 2. The monoisotopic (exact) mass is 173 g/mol. The van der Waals surface area contributed by atoms with E-state index in [1.165, 1.54) is 0 Å². The molecule has 0 amide bonds. The Labute approximate surface area is 73.0 Å². The number of imidazole rings is 1. The molecule has 0 fully saturated rings. The van der Waals surface area contributed by atoms with Crippen molar-refractivity contribution >= 4 is 17.0 Å². The summed E-state index contributed by atoms with van der Waals surface area (Å²) in [6.07, 6.45) is 0. The summed E-state index contributed by atoms with van der Waals surface area (Å²) in [6, 6.07) is 3.84. The van der Waals surface area contributed by atoms with Crippen LogP contribution in [0.5, 0.6) is 0 Å². The number of benzene rings is 1. The van der Waals surface area contributed by atoms with Crippen molar-refractivity contribution in [2.75, 3.05) is 12.4 Å². The molecule has 2 heterocycles. The molecule has 3 N–H and O–H groups in total. The van der Waals surface area contributed by atoms with Crippen molar-refractivity contribution < 1.29 is 0 Å². The van der Waals surface area contributed by atoms with Gasteiger partial charge in [-0.1, -0.05) is 0 Å². The molecule has 64 valence electrons. The average Bonchev–Trinajstić information content (AvgIpc) is 2.65. The van der Waals surface area contributed by atoms with Gasteiger partial charge in [-0.05, 0) is 12.1 Å². The molecule has 0 bridgehead atoms. The van der Waals surface area contributed by atoms with E-state index in [0.717, 1.165) is 21.7 Å². The molecule has 1 aromatic heterocycles. The molecule has 0 unspecified atom stereocenters. The van der Waals surface area contributed by atoms with Crippen LogP contribution in [-0.2, 0) is 0 Å². The van der Waals surface area contributed by atoms with E-state index in [2.05, 4.69) is 20.0 Å². The molecule has 0 spiro atoms. The van der Waals surface area contributed by atoms with Crippen LogP contribution in [0.2, 0.25) is 0 Å². The Kier molecular flexibility index (Phi) is 1.05. The molecule has 0 saturated carbocycles. The van der Waals surface area contributed by atoms with E-state index in [4.69, 9.17) is 5.73 Å². The van der Waals surface area contributed by atoms with Crippen molar-refractivity contribution in [2.45, 2.75) is 0 Å². The third-order valence-corrected chi connectivity index (χ3v) is 2.09. The Morgan fingerprint density at radius 2 is 2.23 bits per heavy atom. The zero-order valence-corrected chi connectivity index (χ0v) is 6.78. The fraction of sp³-hybridized carbons (Fsp3) is 0.125. The van der Waals surface area contributed by atoms with Gasteiger partial charge < -0.3 is 10.7 Å². The van der Waals surface area contributed by atoms with Gasteiger partial charge in [-0.3, -0.25) is 9.98 Å². The molecule has 5 nitrogen and oxygen atoms in total. The van der Waals surface area contributed by atoms with E-state index in [1.807, 2.05) is 12.1 Å². The number of fused-ring (bicyclic) bond motifs is 3. The lowest BCUT2D eigenvalue weighted by Gasteiger charge is -1.84. The molecule has 0 atom stereocenters. The van der Waals surface area contributed by atoms with Crippen molar-refractivity contribution in [1.82, 2.24) is 9.97 Å². The SMILES string of the molecule is Nc1nc2c3c(ccc2[nH]1)=NCN=3. The van der Waals surface area contributed by atoms with Gasteiger partial charge in [0.1, 0.15) is 17.5 Å². The van der Waals surface area contributed by atoms with Gasteiger partial charge >= 0.3 is 0 Å². The zero-order valence-electron chi connectivity index (χ0n) is 6.78. The van der Waals surface area contributed by atoms with Gasteiger partial charge in [0, 0.05) is 0 Å². The molecule has 5 heteroatoms. The predicted molar refractivity (Wildman–Crippen MR) is 47.7 cm³/mol. The summed E-state index contributed by atoms with van der Waals surface area (Å²) in [6.45, 7) is 0.501. The van der Waals surface area contributed by atoms with Crippen LogP contribution in [-0.4, -0.2) is 16.6 Å². The zero-order chi connectivity index (χ0) is 8.84. The van der Waals surface area contributed by atoms with E-state index in [9.17, 15) is 0 Å². The minimum atomic E-state index is 0.422. The molecule has 1 aromatic carbocycles. The van der Waals surface area contributed by atoms with Gasteiger partial charge in [-0.25, -0.2) is 4.98 Å². The second-order valence-electron chi connectivity index (χ2n) is 2.91. The van der Waals surface area contributed by atoms with Crippen molar-refractivity contribution in [1.29, 1.82) is 0 Å². The number of hydrogen-bond acceptors (Lipinski definition) is 4. The van der Waals surface area contributed by atoms with Crippen LogP contribution in [0.4, 0.5) is 5.95 Å². The number of nitrogens with two attached hydrogens (primary N) is 1. The lowest BCUT2D eigenvalue weighted by molar-refractivity contribution is 1.06. The average molecular weight is 173 g/mol. The minimum absolute atomic E-state index is 0.422. The molecule has 0 aliphatic carbocycles. The Hall–Kier alpha value is -1.91. The molecular weight excluding hydrogens is 166 g/mol. The van der Waals surface area contributed by atoms with Crippen LogP contribution in [0, 0.1) is 0 Å². The largest absolute Gasteiger partial charge is 0.369 e. The van der Waals surface area contributed by atoms with Crippen LogP contribution >= 0.6 is 0 Å². The Morgan fingerprint density at radius 3 is 3.15 bits per heavy atom. The van der Waals surface area contributed by atoms with Crippen LogP contribution in [0.25, 0.3) is 11.0 Å². The van der Waals surface area contributed by atoms with Gasteiger partial charge in [0.2, 0.25) is 0 Å². The molecule has 1 aliphatic rings. The van der Waals surface area contributed by atoms with Crippen molar-refractivity contribution in [3.05, 3.63) is 22.8 Å². The van der Waals surface area contributed by atoms with Gasteiger partial charge in [0.15, 0.2) is 5.95 Å². The first kappa shape index (κ1) is 6.59. The molecule has 1 aliphatic heterocycles. The highest BCUT2D eigenvalue weighted by molar-refractivity contribution is 5.76. The number of nitrogens with zero attached hydrogens (tertiary/aromatic N) is 3. The normalized spacial score (nSPS) is 13.8. The second-order valence-corrected chi connectivity index (χ2v) is 2.91. The number of hydrogen-bond donors (Lipinski definition) is 2. The van der Waals surface area contributed by atoms with Crippen LogP contribution in [0.15, 0.2) is 22.1 Å². The summed E-state index contributed by atoms with van der Waals surface area (Å²) in [7, 11) is 0. The molecule has 0 saturated heterocycles. The quantitative estimate of drug-likeness (QED) is 0.555. The molecule has 0 radical (unpaired) electrons. The summed E-state index contributed by atoms with van der Waals surface area (Å²) in [5.74, 6) is 0.422. The number of H-pyrrole nitrogens is 1. The topological polar surface area (TPSA) is 79.4 Å². The van der Waals surface area contributed by atoms with Crippen molar-refractivity contribution in [2.24, 2.45) is 9.98 Å². The van der Waals surface area contributed by atoms with E-state index >= 15 is 0 Å². The van der Waals surface area contributed by atoms with Crippen LogP contribution in [0.1, 0.15) is 0 Å². The first-order valence-electron chi connectivity index (χ1n) is 3.98. The number of aromatic amines is 1. The predicted octanol–water partition coefficient (Wildman–Crippen LogP) is -0.645. The third-order valence-electron chi connectivity index (χ3n) is 2.09. The van der Waals surface area contributed by atoms with E-state index in [0.29, 0.717) is 12.6 Å². The van der Waals surface area contributed by atoms with Gasteiger partial charge in [0.05, 0.1) is 10.9 Å². The highest BCUT2D eigenvalue weighted by Crippen LogP contribution is 2.05. The number of nitrogen functional groups attached to an aromatic ring is 1. The Bertz CT molecular complexity index is 595. The molecular formula is C8H7N5. The van der Waals surface area contributed by atoms with E-state index in [1.54, 1.807) is 0 Å². The second kappa shape index (κ2) is 2.07. The minimum Gasteiger partial charge on any atom is -0.369 e. The number of rotatable bonds is 0. The lowest BCUT2D eigenvalue weighted by atomic mass is 10.3. The highest BCUT2D eigenvalue weighted by atomic mass is 15.0. The van der Waals surface area contributed by atoms with Crippen molar-refractivity contribution in [3.8, 4) is 0 Å². The summed E-state index contributed by atoms with van der Waals surface area (Å²) in [5.41, 5.74) is 7.28. The van der Waals surface area contributed by atoms with E-state index in [-0.39, 0.29) is 0 Å². The summed E-state index contributed by atoms with van der Waals surface area (Å²) >= 11 is 0. The van der Waals surface area contributed by atoms with Gasteiger partial charge in [-0.15, -0.1) is 0 Å². The highest BCUT2D eigenvalue weighted by Gasteiger charge is 2.05. The Balaban J connectivity index is 2.65. The smallest absolute Gasteiger partial charge is 0.198 e. The maximum Gasteiger partial charge on any atom is 0.198 e. The van der Waals surface area contributed by atoms with Crippen LogP contribution < -0.4 is 16.4 Å². The maximum atomic E-state index is 5.55. The van der Waals surface area contributed by atoms with E-state index < -0.39 is 0 Å². The summed E-state index contributed by atoms with van der Waals surface area (Å²) < 4.78 is 0. The summed E-state index contributed by atoms with van der Waals surface area (Å²) in [5, 5.41) is 1.75. The standard InChI is InChI=1S/C8H7N5/c9-8-12-5-2-1-4-6(7(5)13-8)11-3-10-4/h1-2H,3H2,(H3,9,12,13). The fourth-order valence-electron chi connectivity index (χ4n) is 1.54. The maximum absolute atomic E-state index is 5.55. The lowest BCUT2D eigenvalue weighted by Crippen LogP contribution is -2.22.